The van der Waals surface area contributed by atoms with Crippen LogP contribution in [0.2, 0.25) is 0 Å². The number of carbonyl (C=O) groups excluding carboxylic acids is 5. The van der Waals surface area contributed by atoms with Crippen molar-refractivity contribution in [2.75, 3.05) is 39.6 Å². The molecule has 4 rings (SSSR count). The summed E-state index contributed by atoms with van der Waals surface area (Å²) in [6.45, 7) is 15.5. The number of benzene rings is 4. The van der Waals surface area contributed by atoms with Crippen LogP contribution in [-0.4, -0.2) is 69.5 Å². The third-order valence-corrected chi connectivity index (χ3v) is 12.1. The van der Waals surface area contributed by atoms with Crippen LogP contribution < -0.4 is 18.9 Å². The van der Waals surface area contributed by atoms with E-state index in [0.717, 1.165) is 132 Å². The van der Waals surface area contributed by atoms with Crippen LogP contribution in [0.3, 0.4) is 0 Å². The van der Waals surface area contributed by atoms with Crippen molar-refractivity contribution in [3.63, 3.8) is 0 Å². The van der Waals surface area contributed by atoms with Gasteiger partial charge in [-0.2, -0.15) is 0 Å². The Kier molecular flexibility index (Phi) is 29.2. The minimum Gasteiger partial charge on any atom is -0.498 e. The van der Waals surface area contributed by atoms with E-state index in [2.05, 4.69) is 13.2 Å². The highest BCUT2D eigenvalue weighted by atomic mass is 16.6. The molecule has 0 saturated carbocycles. The Labute approximate surface area is 444 Å². The van der Waals surface area contributed by atoms with Crippen molar-refractivity contribution in [2.24, 2.45) is 0 Å². The lowest BCUT2D eigenvalue weighted by atomic mass is 10.1. The average Bonchev–Trinajstić information content (AvgIpc) is 3.41. The van der Waals surface area contributed by atoms with Gasteiger partial charge in [-0.15, -0.1) is 0 Å². The van der Waals surface area contributed by atoms with Crippen molar-refractivity contribution in [2.45, 2.75) is 149 Å². The lowest BCUT2D eigenvalue weighted by molar-refractivity contribution is -0.144. The molecule has 0 spiro atoms. The highest BCUT2D eigenvalue weighted by Crippen LogP contribution is 2.27. The molecule has 0 fully saturated rings. The molecule has 0 bridgehead atoms. The lowest BCUT2D eigenvalue weighted by Gasteiger charge is -2.11. The molecule has 0 aromatic heterocycles. The molecule has 0 heterocycles. The van der Waals surface area contributed by atoms with Crippen molar-refractivity contribution in [1.82, 2.24) is 0 Å². The average molecular weight is 1030 g/mol. The van der Waals surface area contributed by atoms with Crippen molar-refractivity contribution >= 4 is 40.6 Å². The van der Waals surface area contributed by atoms with Gasteiger partial charge in [-0.25, -0.2) is 19.2 Å². The molecule has 75 heavy (non-hydrogen) atoms. The van der Waals surface area contributed by atoms with Gasteiger partial charge in [-0.1, -0.05) is 76.7 Å². The number of carbonyl (C=O) groups is 5. The van der Waals surface area contributed by atoms with Crippen LogP contribution in [0, 0.1) is 0 Å². The van der Waals surface area contributed by atoms with Crippen molar-refractivity contribution in [3.05, 3.63) is 132 Å². The van der Waals surface area contributed by atoms with Crippen LogP contribution in [0.4, 0.5) is 0 Å². The fourth-order valence-electron chi connectivity index (χ4n) is 7.70. The maximum Gasteiger partial charge on any atom is 0.343 e. The van der Waals surface area contributed by atoms with E-state index in [-0.39, 0.29) is 17.9 Å². The van der Waals surface area contributed by atoms with Crippen molar-refractivity contribution < 1.29 is 61.9 Å². The molecule has 0 radical (unpaired) electrons. The minimum absolute atomic E-state index is 0.184. The Bertz CT molecular complexity index is 2420. The van der Waals surface area contributed by atoms with Gasteiger partial charge in [0, 0.05) is 24.0 Å². The Morgan fingerprint density at radius 3 is 1.16 bits per heavy atom. The number of hydrogen-bond acceptors (Lipinski definition) is 13. The molecule has 0 saturated heterocycles. The summed E-state index contributed by atoms with van der Waals surface area (Å²) in [6, 6.07) is 24.4. The summed E-state index contributed by atoms with van der Waals surface area (Å²) in [5.74, 6) is 1.34. The van der Waals surface area contributed by atoms with E-state index in [9.17, 15) is 24.0 Å². The third kappa shape index (κ3) is 25.8. The predicted octanol–water partition coefficient (Wildman–Crippen LogP) is 14.5. The van der Waals surface area contributed by atoms with Crippen LogP contribution in [0.25, 0.3) is 10.8 Å². The number of rotatable bonds is 39. The van der Waals surface area contributed by atoms with Gasteiger partial charge in [0.15, 0.2) is 0 Å². The summed E-state index contributed by atoms with van der Waals surface area (Å²) in [6.07, 6.45) is 20.7. The number of fused-ring (bicyclic) bond motifs is 1. The summed E-state index contributed by atoms with van der Waals surface area (Å²) in [5, 5.41) is 1.64. The molecule has 0 atom stereocenters. The normalized spacial score (nSPS) is 11.1. The Balaban J connectivity index is 1.01. The number of esters is 5. The van der Waals surface area contributed by atoms with Gasteiger partial charge in [0.25, 0.3) is 0 Å². The van der Waals surface area contributed by atoms with Crippen molar-refractivity contribution in [3.8, 4) is 23.0 Å². The predicted molar refractivity (Wildman–Crippen MR) is 292 cm³/mol. The van der Waals surface area contributed by atoms with Crippen LogP contribution in [-0.2, 0) is 33.3 Å². The first-order valence-corrected chi connectivity index (χ1v) is 26.9. The van der Waals surface area contributed by atoms with Gasteiger partial charge in [0.1, 0.15) is 23.0 Å². The quantitative estimate of drug-likeness (QED) is 0.0104. The molecule has 4 aromatic rings. The van der Waals surface area contributed by atoms with Crippen molar-refractivity contribution in [1.29, 1.82) is 0 Å². The molecule has 0 aliphatic heterocycles. The van der Waals surface area contributed by atoms with E-state index in [0.29, 0.717) is 97.6 Å². The molecule has 0 unspecified atom stereocenters. The first-order valence-electron chi connectivity index (χ1n) is 26.9. The van der Waals surface area contributed by atoms with Crippen LogP contribution >= 0.6 is 0 Å². The maximum atomic E-state index is 13.0. The zero-order valence-corrected chi connectivity index (χ0v) is 44.8. The summed E-state index contributed by atoms with van der Waals surface area (Å²) in [4.78, 5) is 60.7. The molecular weight excluding hydrogens is 953 g/mol. The van der Waals surface area contributed by atoms with Gasteiger partial charge < -0.3 is 37.9 Å². The van der Waals surface area contributed by atoms with Gasteiger partial charge in [0.2, 0.25) is 0 Å². The van der Waals surface area contributed by atoms with Gasteiger partial charge in [-0.05, 0) is 175 Å². The van der Waals surface area contributed by atoms with E-state index < -0.39 is 11.9 Å². The summed E-state index contributed by atoms with van der Waals surface area (Å²) < 4.78 is 44.7. The first kappa shape index (κ1) is 60.7. The standard InChI is InChI=1S/C62H80O13/c1-6-53(25-17-15-23-43-72-59(64)47(2)3)68-39-19-11-7-8-12-20-40-69-54-33-27-49(28-34-54)61(66)74-56-37-31-52-46-57(38-32-51(52)45-56)75-62(67)50-29-35-55(36-30-50)70-41-21-13-9-10-14-22-42-71-58(63)26-18-16-24-44-73-60(65)48(4)5/h6,27-38,45-46H,2,4,7-26,39-44H2,1,3,5H3. The molecule has 0 aliphatic rings. The third-order valence-electron chi connectivity index (χ3n) is 12.1. The zero-order valence-electron chi connectivity index (χ0n) is 44.8. The second-order valence-corrected chi connectivity index (χ2v) is 18.7. The molecular formula is C62H80O13. The van der Waals surface area contributed by atoms with Crippen LogP contribution in [0.5, 0.6) is 23.0 Å². The van der Waals surface area contributed by atoms with E-state index in [4.69, 9.17) is 37.9 Å². The second-order valence-electron chi connectivity index (χ2n) is 18.7. The number of allylic oxidation sites excluding steroid dienone is 2. The Morgan fingerprint density at radius 2 is 0.747 bits per heavy atom. The molecule has 13 heteroatoms. The summed E-state index contributed by atoms with van der Waals surface area (Å²) >= 11 is 0. The van der Waals surface area contributed by atoms with E-state index >= 15 is 0 Å². The van der Waals surface area contributed by atoms with Gasteiger partial charge in [-0.3, -0.25) is 4.79 Å². The maximum absolute atomic E-state index is 13.0. The van der Waals surface area contributed by atoms with Gasteiger partial charge >= 0.3 is 29.8 Å². The molecule has 406 valence electrons. The molecule has 0 aliphatic carbocycles. The largest absolute Gasteiger partial charge is 0.498 e. The SMILES string of the molecule is C=C(C)C(=O)OCCCCCC(=O)OCCCCCCCCOc1ccc(C(=O)Oc2ccc3cc(OC(=O)c4ccc(OCCCCCCCCOC(=CC)CCCCCOC(=O)C(=C)C)cc4)ccc3c2)cc1. The van der Waals surface area contributed by atoms with E-state index in [1.54, 1.807) is 86.6 Å². The summed E-state index contributed by atoms with van der Waals surface area (Å²) in [7, 11) is 0. The van der Waals surface area contributed by atoms with Crippen LogP contribution in [0.1, 0.15) is 170 Å². The molecule has 4 aromatic carbocycles. The highest BCUT2D eigenvalue weighted by Gasteiger charge is 2.13. The second kappa shape index (κ2) is 36.1. The smallest absolute Gasteiger partial charge is 0.343 e. The minimum atomic E-state index is -0.486. The monoisotopic (exact) mass is 1030 g/mol. The van der Waals surface area contributed by atoms with Crippen LogP contribution in [0.15, 0.2) is 121 Å². The number of ether oxygens (including phenoxy) is 8. The number of unbranched alkanes of at least 4 members (excludes halogenated alkanes) is 14. The Morgan fingerprint density at radius 1 is 0.400 bits per heavy atom. The topological polar surface area (TPSA) is 159 Å². The molecule has 0 amide bonds. The summed E-state index contributed by atoms with van der Waals surface area (Å²) in [5.41, 5.74) is 1.62. The Hall–Kier alpha value is -6.89. The number of hydrogen-bond donors (Lipinski definition) is 0. The lowest BCUT2D eigenvalue weighted by Crippen LogP contribution is -2.09. The van der Waals surface area contributed by atoms with E-state index in [1.807, 2.05) is 25.1 Å². The molecule has 13 nitrogen and oxygen atoms in total. The van der Waals surface area contributed by atoms with E-state index in [1.165, 1.54) is 0 Å². The molecule has 0 N–H and O–H groups in total. The fourth-order valence-corrected chi connectivity index (χ4v) is 7.70. The highest BCUT2D eigenvalue weighted by molar-refractivity contribution is 5.94. The van der Waals surface area contributed by atoms with Gasteiger partial charge in [0.05, 0.1) is 56.5 Å². The fraction of sp³-hybridized carbons (Fsp3) is 0.468. The first-order chi connectivity index (χ1) is 36.4. The zero-order chi connectivity index (χ0) is 53.9.